The fourth-order valence-electron chi connectivity index (χ4n) is 9.71. The van der Waals surface area contributed by atoms with Gasteiger partial charge in [0, 0.05) is 19.3 Å². The molecular formula is C67H124O6. The first-order valence-electron chi connectivity index (χ1n) is 32.5. The standard InChI is InChI=1S/C67H124O6/c1-4-7-10-13-16-19-22-24-25-26-27-28-29-30-31-32-33-34-35-36-37-38-39-40-41-42-43-44-46-48-51-54-57-60-66(69)72-63-64(62-71-65(68)59-56-53-50-47-21-18-15-12-9-6-3)73-67(70)61-58-55-52-49-45-23-20-17-14-11-8-5-2/h12,15,22,24,26-27,64H,4-11,13-14,16-21,23,25,28-63H2,1-3H3/b15-12-,24-22-,27-26-. The van der Waals surface area contributed by atoms with Gasteiger partial charge in [0.05, 0.1) is 0 Å². The summed E-state index contributed by atoms with van der Waals surface area (Å²) in [5.41, 5.74) is 0. The fourth-order valence-corrected chi connectivity index (χ4v) is 9.71. The molecule has 0 spiro atoms. The number of hydrogen-bond donors (Lipinski definition) is 0. The van der Waals surface area contributed by atoms with Gasteiger partial charge in [0.1, 0.15) is 13.2 Å². The highest BCUT2D eigenvalue weighted by Gasteiger charge is 2.19. The molecule has 0 aromatic carbocycles. The summed E-state index contributed by atoms with van der Waals surface area (Å²) in [5, 5.41) is 0. The summed E-state index contributed by atoms with van der Waals surface area (Å²) in [6, 6.07) is 0. The molecule has 0 amide bonds. The Morgan fingerprint density at radius 3 is 0.822 bits per heavy atom. The Morgan fingerprint density at radius 1 is 0.274 bits per heavy atom. The normalized spacial score (nSPS) is 12.2. The molecule has 6 heteroatoms. The average Bonchev–Trinajstić information content (AvgIpc) is 3.39. The maximum atomic E-state index is 12.8. The molecule has 0 bridgehead atoms. The zero-order chi connectivity index (χ0) is 52.9. The Morgan fingerprint density at radius 2 is 0.521 bits per heavy atom. The van der Waals surface area contributed by atoms with E-state index >= 15 is 0 Å². The molecule has 0 saturated heterocycles. The SMILES string of the molecule is CCC/C=C\CCCCCCCC(=O)OCC(COC(=O)CCCCCCCCCCCCCCCCCCCCCCC/C=C\C/C=C\CCCCCCC)OC(=O)CCCCCCCCCCCCCC. The van der Waals surface area contributed by atoms with E-state index in [1.54, 1.807) is 0 Å². The Hall–Kier alpha value is -2.37. The third-order valence-corrected chi connectivity index (χ3v) is 14.6. The van der Waals surface area contributed by atoms with Crippen LogP contribution in [0, 0.1) is 0 Å². The minimum Gasteiger partial charge on any atom is -0.462 e. The second kappa shape index (κ2) is 62.2. The van der Waals surface area contributed by atoms with Crippen molar-refractivity contribution in [3.8, 4) is 0 Å². The van der Waals surface area contributed by atoms with Crippen molar-refractivity contribution in [2.75, 3.05) is 13.2 Å². The van der Waals surface area contributed by atoms with Crippen LogP contribution in [0.25, 0.3) is 0 Å². The minimum absolute atomic E-state index is 0.0692. The van der Waals surface area contributed by atoms with Crippen molar-refractivity contribution >= 4 is 17.9 Å². The van der Waals surface area contributed by atoms with Crippen LogP contribution in [0.2, 0.25) is 0 Å². The molecule has 1 atom stereocenters. The molecule has 0 N–H and O–H groups in total. The molecule has 73 heavy (non-hydrogen) atoms. The third-order valence-electron chi connectivity index (χ3n) is 14.6. The Kier molecular flexibility index (Phi) is 60.2. The Balaban J connectivity index is 3.98. The monoisotopic (exact) mass is 1020 g/mol. The molecule has 0 aliphatic rings. The van der Waals surface area contributed by atoms with E-state index in [9.17, 15) is 14.4 Å². The largest absolute Gasteiger partial charge is 0.462 e. The summed E-state index contributed by atoms with van der Waals surface area (Å²) in [5.74, 6) is -0.861. The molecule has 0 aliphatic carbocycles. The van der Waals surface area contributed by atoms with Crippen LogP contribution in [0.3, 0.4) is 0 Å². The lowest BCUT2D eigenvalue weighted by molar-refractivity contribution is -0.167. The average molecular weight is 1030 g/mol. The van der Waals surface area contributed by atoms with Crippen LogP contribution in [-0.4, -0.2) is 37.2 Å². The zero-order valence-electron chi connectivity index (χ0n) is 49.2. The number of esters is 3. The van der Waals surface area contributed by atoms with Gasteiger partial charge in [-0.1, -0.05) is 301 Å². The number of unbranched alkanes of at least 4 members (excludes halogenated alkanes) is 43. The topological polar surface area (TPSA) is 78.9 Å². The Bertz CT molecular complexity index is 1220. The van der Waals surface area contributed by atoms with Gasteiger partial charge in [0.25, 0.3) is 0 Å². The maximum Gasteiger partial charge on any atom is 0.306 e. The summed E-state index contributed by atoms with van der Waals surface area (Å²) in [4.78, 5) is 38.1. The van der Waals surface area contributed by atoms with E-state index in [1.165, 1.54) is 238 Å². The number of hydrogen-bond acceptors (Lipinski definition) is 6. The predicted molar refractivity (Wildman–Crippen MR) is 316 cm³/mol. The van der Waals surface area contributed by atoms with Crippen LogP contribution in [0.5, 0.6) is 0 Å². The number of rotatable bonds is 60. The van der Waals surface area contributed by atoms with Crippen LogP contribution in [0.15, 0.2) is 36.5 Å². The van der Waals surface area contributed by atoms with Crippen molar-refractivity contribution in [2.45, 2.75) is 361 Å². The van der Waals surface area contributed by atoms with E-state index in [-0.39, 0.29) is 31.1 Å². The zero-order valence-corrected chi connectivity index (χ0v) is 49.2. The number of carbonyl (C=O) groups is 3. The minimum atomic E-state index is -0.769. The van der Waals surface area contributed by atoms with Crippen molar-refractivity contribution in [1.29, 1.82) is 0 Å². The van der Waals surface area contributed by atoms with Gasteiger partial charge < -0.3 is 14.2 Å². The van der Waals surface area contributed by atoms with Gasteiger partial charge in [-0.05, 0) is 70.6 Å². The number of ether oxygens (including phenoxy) is 3. The summed E-state index contributed by atoms with van der Waals surface area (Å²) in [6.45, 7) is 6.60. The van der Waals surface area contributed by atoms with Gasteiger partial charge in [-0.25, -0.2) is 0 Å². The molecule has 0 radical (unpaired) electrons. The summed E-state index contributed by atoms with van der Waals surface area (Å²) in [6.07, 6.45) is 76.2. The molecule has 0 heterocycles. The maximum absolute atomic E-state index is 12.8. The first-order valence-corrected chi connectivity index (χ1v) is 32.5. The summed E-state index contributed by atoms with van der Waals surface area (Å²) in [7, 11) is 0. The lowest BCUT2D eigenvalue weighted by Gasteiger charge is -2.18. The first kappa shape index (κ1) is 70.6. The van der Waals surface area contributed by atoms with Crippen molar-refractivity contribution in [3.63, 3.8) is 0 Å². The van der Waals surface area contributed by atoms with Crippen LogP contribution in [0.1, 0.15) is 355 Å². The number of carbonyl (C=O) groups excluding carboxylic acids is 3. The van der Waals surface area contributed by atoms with Crippen molar-refractivity contribution in [1.82, 2.24) is 0 Å². The van der Waals surface area contributed by atoms with E-state index in [0.29, 0.717) is 19.3 Å². The third kappa shape index (κ3) is 60.4. The van der Waals surface area contributed by atoms with Gasteiger partial charge in [-0.3, -0.25) is 14.4 Å². The van der Waals surface area contributed by atoms with Gasteiger partial charge in [-0.15, -0.1) is 0 Å². The molecule has 0 aromatic rings. The van der Waals surface area contributed by atoms with Crippen LogP contribution < -0.4 is 0 Å². The van der Waals surface area contributed by atoms with E-state index in [2.05, 4.69) is 57.2 Å². The second-order valence-corrected chi connectivity index (χ2v) is 22.0. The molecule has 6 nitrogen and oxygen atoms in total. The van der Waals surface area contributed by atoms with Gasteiger partial charge in [0.15, 0.2) is 6.10 Å². The smallest absolute Gasteiger partial charge is 0.306 e. The lowest BCUT2D eigenvalue weighted by Crippen LogP contribution is -2.30. The molecule has 0 rings (SSSR count). The fraction of sp³-hybridized carbons (Fsp3) is 0.866. The molecule has 428 valence electrons. The summed E-state index contributed by atoms with van der Waals surface area (Å²) >= 11 is 0. The van der Waals surface area contributed by atoms with Crippen molar-refractivity contribution < 1.29 is 28.6 Å². The van der Waals surface area contributed by atoms with E-state index in [1.807, 2.05) is 0 Å². The van der Waals surface area contributed by atoms with Crippen LogP contribution in [-0.2, 0) is 28.6 Å². The van der Waals surface area contributed by atoms with Crippen LogP contribution in [0.4, 0.5) is 0 Å². The molecular weight excluding hydrogens is 901 g/mol. The van der Waals surface area contributed by atoms with Crippen molar-refractivity contribution in [3.05, 3.63) is 36.5 Å². The van der Waals surface area contributed by atoms with Gasteiger partial charge in [0.2, 0.25) is 0 Å². The van der Waals surface area contributed by atoms with E-state index in [0.717, 1.165) is 77.0 Å². The highest BCUT2D eigenvalue weighted by molar-refractivity contribution is 5.71. The molecule has 1 unspecified atom stereocenters. The van der Waals surface area contributed by atoms with Gasteiger partial charge >= 0.3 is 17.9 Å². The van der Waals surface area contributed by atoms with Crippen LogP contribution >= 0.6 is 0 Å². The highest BCUT2D eigenvalue weighted by Crippen LogP contribution is 2.18. The van der Waals surface area contributed by atoms with E-state index < -0.39 is 6.10 Å². The van der Waals surface area contributed by atoms with Crippen molar-refractivity contribution in [2.24, 2.45) is 0 Å². The molecule has 0 fully saturated rings. The summed E-state index contributed by atoms with van der Waals surface area (Å²) < 4.78 is 16.8. The quantitative estimate of drug-likeness (QED) is 0.0261. The number of allylic oxidation sites excluding steroid dienone is 6. The highest BCUT2D eigenvalue weighted by atomic mass is 16.6. The molecule has 0 aliphatic heterocycles. The van der Waals surface area contributed by atoms with E-state index in [4.69, 9.17) is 14.2 Å². The lowest BCUT2D eigenvalue weighted by atomic mass is 10.0. The Labute approximate surface area is 455 Å². The van der Waals surface area contributed by atoms with Gasteiger partial charge in [-0.2, -0.15) is 0 Å². The predicted octanol–water partition coefficient (Wildman–Crippen LogP) is 22.0. The second-order valence-electron chi connectivity index (χ2n) is 22.0. The molecule has 0 saturated carbocycles. The molecule has 0 aromatic heterocycles. The first-order chi connectivity index (χ1) is 36.0.